The minimum absolute atomic E-state index is 0.0646. The molecule has 10 aromatic rings. The average Bonchev–Trinajstić information content (AvgIpc) is 1.37. The highest BCUT2D eigenvalue weighted by molar-refractivity contribution is 6.03. The molecule has 2 fully saturated rings. The van der Waals surface area contributed by atoms with Crippen molar-refractivity contribution in [2.24, 2.45) is 0 Å². The van der Waals surface area contributed by atoms with Crippen molar-refractivity contribution in [1.82, 2.24) is 49.7 Å². The molecule has 2 saturated heterocycles. The number of aromatic amines is 2. The lowest BCUT2D eigenvalue weighted by Crippen LogP contribution is -2.57. The molecule has 0 bridgehead atoms. The third-order valence-corrected chi connectivity index (χ3v) is 15.8. The van der Waals surface area contributed by atoms with Gasteiger partial charge < -0.3 is 79.4 Å². The lowest BCUT2D eigenvalue weighted by Gasteiger charge is -2.45. The van der Waals surface area contributed by atoms with Crippen molar-refractivity contribution in [3.05, 3.63) is 147 Å². The molecule has 12 rings (SSSR count). The van der Waals surface area contributed by atoms with Crippen LogP contribution in [0.3, 0.4) is 0 Å². The number of methoxy groups -OCH3 is 2. The number of nitrogens with zero attached hydrogens (tertiary/aromatic N) is 10. The van der Waals surface area contributed by atoms with E-state index >= 15 is 0 Å². The van der Waals surface area contributed by atoms with Gasteiger partial charge in [-0.3, -0.25) is 9.59 Å². The van der Waals surface area contributed by atoms with Crippen molar-refractivity contribution in [3.63, 3.8) is 0 Å². The second-order valence-corrected chi connectivity index (χ2v) is 22.2. The smallest absolute Gasteiger partial charge is 0.247 e. The Morgan fingerprint density at radius 2 is 1.02 bits per heavy atom. The number of ether oxygens (including phenoxy) is 2. The fourth-order valence-electron chi connectivity index (χ4n) is 10.6. The maximum atomic E-state index is 12.4. The van der Waals surface area contributed by atoms with Gasteiger partial charge >= 0.3 is 0 Å². The molecule has 8 N–H and O–H groups in total. The maximum absolute atomic E-state index is 12.4. The molecule has 24 nitrogen and oxygen atoms in total. The summed E-state index contributed by atoms with van der Waals surface area (Å²) in [5.41, 5.74) is 11.5. The third kappa shape index (κ3) is 13.5. The summed E-state index contributed by atoms with van der Waals surface area (Å²) < 4.78 is 22.8. The van der Waals surface area contributed by atoms with E-state index in [0.29, 0.717) is 118 Å². The number of amides is 2. The Balaban J connectivity index is 0.000000185. The average molecular weight is 1220 g/mol. The number of hydrogen-bond acceptors (Lipinski definition) is 20. The molecule has 4 aromatic carbocycles. The first-order valence-electron chi connectivity index (χ1n) is 29.4. The van der Waals surface area contributed by atoms with E-state index in [2.05, 4.69) is 102 Å². The molecule has 2 amide bonds. The van der Waals surface area contributed by atoms with Crippen LogP contribution < -0.4 is 40.5 Å². The number of likely N-dealkylation sites (N-methyl/N-ethyl adjacent to an activating group) is 2. The molecule has 2 aliphatic heterocycles. The number of furan rings is 2. The fraction of sp³-hybridized carbons (Fsp3) is 0.273. The van der Waals surface area contributed by atoms with E-state index in [4.69, 9.17) is 38.2 Å². The van der Waals surface area contributed by atoms with Crippen molar-refractivity contribution in [2.75, 3.05) is 113 Å². The topological polar surface area (TPSA) is 289 Å². The van der Waals surface area contributed by atoms with E-state index in [0.717, 1.165) is 82.3 Å². The predicted molar refractivity (Wildman–Crippen MR) is 350 cm³/mol. The number of nitrogens with one attached hydrogen (secondary N) is 6. The third-order valence-electron chi connectivity index (χ3n) is 15.8. The molecule has 90 heavy (non-hydrogen) atoms. The number of aromatic nitrogens is 8. The summed E-state index contributed by atoms with van der Waals surface area (Å²) in [7, 11) is 11.4. The van der Waals surface area contributed by atoms with Gasteiger partial charge in [-0.2, -0.15) is 0 Å². The van der Waals surface area contributed by atoms with Gasteiger partial charge in [0.1, 0.15) is 34.3 Å². The first kappa shape index (κ1) is 61.3. The first-order chi connectivity index (χ1) is 43.7. The van der Waals surface area contributed by atoms with E-state index in [1.54, 1.807) is 39.1 Å². The van der Waals surface area contributed by atoms with Crippen LogP contribution in [0.4, 0.5) is 46.0 Å². The van der Waals surface area contributed by atoms with Gasteiger partial charge in [0.2, 0.25) is 23.7 Å². The minimum atomic E-state index is -0.313. The summed E-state index contributed by atoms with van der Waals surface area (Å²) in [5.74, 6) is 2.66. The molecule has 0 saturated carbocycles. The number of benzene rings is 4. The molecule has 2 aliphatic rings. The van der Waals surface area contributed by atoms with Crippen molar-refractivity contribution >= 4 is 79.8 Å². The fourth-order valence-corrected chi connectivity index (χ4v) is 10.6. The van der Waals surface area contributed by atoms with Crippen LogP contribution in [-0.4, -0.2) is 166 Å². The largest absolute Gasteiger partial charge is 0.494 e. The molecule has 0 unspecified atom stereocenters. The Hall–Kier alpha value is -10.4. The lowest BCUT2D eigenvalue weighted by atomic mass is 10.0. The number of aliphatic hydroxyl groups is 2. The van der Waals surface area contributed by atoms with E-state index in [1.807, 2.05) is 84.9 Å². The van der Waals surface area contributed by atoms with E-state index in [9.17, 15) is 19.8 Å². The summed E-state index contributed by atoms with van der Waals surface area (Å²) >= 11 is 0. The molecule has 8 heterocycles. The number of anilines is 8. The van der Waals surface area contributed by atoms with Crippen molar-refractivity contribution in [2.45, 2.75) is 37.8 Å². The van der Waals surface area contributed by atoms with Crippen LogP contribution in [0.15, 0.2) is 144 Å². The zero-order valence-corrected chi connectivity index (χ0v) is 51.0. The molecule has 0 radical (unpaired) electrons. The van der Waals surface area contributed by atoms with Crippen LogP contribution in [0.2, 0.25) is 0 Å². The van der Waals surface area contributed by atoms with Crippen molar-refractivity contribution in [1.29, 1.82) is 0 Å². The summed E-state index contributed by atoms with van der Waals surface area (Å²) in [6, 6.07) is 27.6. The number of rotatable bonds is 24. The van der Waals surface area contributed by atoms with E-state index < -0.39 is 0 Å². The molecule has 24 heteroatoms. The van der Waals surface area contributed by atoms with Crippen molar-refractivity contribution in [3.8, 4) is 56.8 Å². The second kappa shape index (κ2) is 27.3. The standard InChI is InChI=1S/2C33H36N8O4/c2*1-5-30(43)35-24-16-25(28(44-4)17-26(24)41-18-22(19-41)40(2)3)37-33-34-12-10-23(36-33)32-31(38-29(39-32)7-6-13-42)21-9-8-20-11-14-45-27(20)15-21/h2*5,8-12,14-17,22,42H,1,6-7,13,18-19H2,2-4H3,(H,35,43)(H,38,39)(H,34,36,37). The van der Waals surface area contributed by atoms with E-state index in [-0.39, 0.29) is 25.0 Å². The van der Waals surface area contributed by atoms with Crippen LogP contribution in [0.25, 0.3) is 67.2 Å². The van der Waals surface area contributed by atoms with Gasteiger partial charge in [-0.05, 0) is 102 Å². The molecule has 0 aliphatic carbocycles. The number of hydrogen-bond donors (Lipinski definition) is 8. The lowest BCUT2D eigenvalue weighted by molar-refractivity contribution is -0.112. The number of carbonyl (C=O) groups excluding carboxylic acids is 2. The number of carbonyl (C=O) groups is 2. The van der Waals surface area contributed by atoms with Gasteiger partial charge in [0.15, 0.2) is 0 Å². The first-order valence-corrected chi connectivity index (χ1v) is 29.4. The normalized spacial score (nSPS) is 13.2. The van der Waals surface area contributed by atoms with Crippen molar-refractivity contribution < 1.29 is 38.1 Å². The second-order valence-electron chi connectivity index (χ2n) is 22.2. The highest BCUT2D eigenvalue weighted by Crippen LogP contribution is 2.43. The maximum Gasteiger partial charge on any atom is 0.247 e. The molecule has 0 atom stereocenters. The van der Waals surface area contributed by atoms with Crippen LogP contribution >= 0.6 is 0 Å². The number of fused-ring (bicyclic) bond motifs is 2. The van der Waals surface area contributed by atoms with Crippen LogP contribution in [-0.2, 0) is 22.4 Å². The van der Waals surface area contributed by atoms with Crippen LogP contribution in [0.1, 0.15) is 24.5 Å². The monoisotopic (exact) mass is 1220 g/mol. The van der Waals surface area contributed by atoms with Gasteiger partial charge in [0.05, 0.1) is 95.0 Å². The number of aryl methyl sites for hydroxylation is 2. The Morgan fingerprint density at radius 1 is 0.600 bits per heavy atom. The molecular formula is C66H72N16O8. The quantitative estimate of drug-likeness (QED) is 0.0261. The molecule has 6 aromatic heterocycles. The molecular weight excluding hydrogens is 1140 g/mol. The Morgan fingerprint density at radius 3 is 1.40 bits per heavy atom. The summed E-state index contributed by atoms with van der Waals surface area (Å²) in [4.78, 5) is 68.6. The predicted octanol–water partition coefficient (Wildman–Crippen LogP) is 9.66. The van der Waals surface area contributed by atoms with Gasteiger partial charge in [0, 0.05) is 111 Å². The summed E-state index contributed by atoms with van der Waals surface area (Å²) in [6.07, 6.45) is 11.5. The Kier molecular flexibility index (Phi) is 18.6. The van der Waals surface area contributed by atoms with Gasteiger partial charge in [-0.25, -0.2) is 29.9 Å². The zero-order chi connectivity index (χ0) is 63.0. The highest BCUT2D eigenvalue weighted by atomic mass is 16.5. The summed E-state index contributed by atoms with van der Waals surface area (Å²) in [5, 5.41) is 33.2. The molecule has 464 valence electrons. The van der Waals surface area contributed by atoms with Gasteiger partial charge in [0.25, 0.3) is 0 Å². The van der Waals surface area contributed by atoms with Gasteiger partial charge in [-0.15, -0.1) is 0 Å². The minimum Gasteiger partial charge on any atom is -0.494 e. The van der Waals surface area contributed by atoms with E-state index in [1.165, 1.54) is 12.2 Å². The Labute approximate surface area is 519 Å². The SMILES string of the molecule is C=CC(=O)Nc1cc(Nc2nccc(-c3[nH]c(CCCO)nc3-c3ccc4ccoc4c3)n2)c(OC)cc1N1CC(N(C)C)C1.C=CC(=O)Nc1cc(Nc2nccc(-c3[nH]c(CCCO)nc3-c3ccc4ccoc4c3)n2)c(OC)cc1N1CC(N(C)C)C1. The number of H-pyrrole nitrogens is 2. The van der Waals surface area contributed by atoms with Gasteiger partial charge in [-0.1, -0.05) is 37.4 Å². The Bertz CT molecular complexity index is 3950. The molecule has 0 spiro atoms. The number of imidazole rings is 2. The summed E-state index contributed by atoms with van der Waals surface area (Å²) in [6.45, 7) is 10.6. The highest BCUT2D eigenvalue weighted by Gasteiger charge is 2.33. The number of aliphatic hydroxyl groups excluding tert-OH is 2. The van der Waals surface area contributed by atoms with Crippen LogP contribution in [0.5, 0.6) is 11.5 Å². The van der Waals surface area contributed by atoms with Crippen LogP contribution in [0, 0.1) is 0 Å². The zero-order valence-electron chi connectivity index (χ0n) is 51.0.